The minimum absolute atomic E-state index is 0. The van der Waals surface area contributed by atoms with Crippen molar-refractivity contribution in [2.45, 2.75) is 44.6 Å². The van der Waals surface area contributed by atoms with Gasteiger partial charge in [0.25, 0.3) is 0 Å². The van der Waals surface area contributed by atoms with Crippen LogP contribution in [0, 0.1) is 0 Å². The van der Waals surface area contributed by atoms with Gasteiger partial charge in [0.1, 0.15) is 0 Å². The molecule has 3 N–H and O–H groups in total. The minimum atomic E-state index is -0.342. The number of amides is 1. The van der Waals surface area contributed by atoms with E-state index in [0.29, 0.717) is 0 Å². The van der Waals surface area contributed by atoms with Crippen molar-refractivity contribution >= 4 is 42.5 Å². The summed E-state index contributed by atoms with van der Waals surface area (Å²) in [7, 11) is 0. The van der Waals surface area contributed by atoms with Crippen LogP contribution < -0.4 is 11.1 Å². The van der Waals surface area contributed by atoms with E-state index in [0.717, 1.165) is 31.7 Å². The van der Waals surface area contributed by atoms with Gasteiger partial charge in [-0.1, -0.05) is 12.8 Å². The zero-order chi connectivity index (χ0) is 13.9. The molecule has 1 aliphatic heterocycles. The number of nitrogens with one attached hydrogen (secondary N) is 1. The maximum atomic E-state index is 11.7. The second-order valence-electron chi connectivity index (χ2n) is 5.29. The van der Waals surface area contributed by atoms with Crippen LogP contribution in [0.5, 0.6) is 0 Å². The van der Waals surface area contributed by atoms with Gasteiger partial charge in [0, 0.05) is 6.54 Å². The summed E-state index contributed by atoms with van der Waals surface area (Å²) in [4.78, 5) is 14.2. The number of hydrogen-bond donors (Lipinski definition) is 2. The van der Waals surface area contributed by atoms with E-state index in [-0.39, 0.29) is 36.8 Å². The van der Waals surface area contributed by atoms with Gasteiger partial charge in [0.05, 0.1) is 6.04 Å². The fourth-order valence-corrected chi connectivity index (χ4v) is 2.87. The van der Waals surface area contributed by atoms with E-state index in [1.165, 1.54) is 38.8 Å². The predicted octanol–water partition coefficient (Wildman–Crippen LogP) is 2.29. The fraction of sp³-hybridized carbons (Fsp3) is 0.929. The highest BCUT2D eigenvalue weighted by Gasteiger charge is 2.12. The molecular weight excluding hydrogens is 329 g/mol. The Balaban J connectivity index is 0. The third kappa shape index (κ3) is 11.5. The molecule has 1 fully saturated rings. The molecular formula is C14H31Cl2N3OS. The third-order valence-corrected chi connectivity index (χ3v) is 4.26. The summed E-state index contributed by atoms with van der Waals surface area (Å²) in [6.45, 7) is 4.30. The molecule has 128 valence electrons. The summed E-state index contributed by atoms with van der Waals surface area (Å²) < 4.78 is 0. The summed E-state index contributed by atoms with van der Waals surface area (Å²) in [5, 5.41) is 2.95. The highest BCUT2D eigenvalue weighted by Crippen LogP contribution is 2.09. The highest BCUT2D eigenvalue weighted by atomic mass is 35.5. The molecule has 4 nitrogen and oxygen atoms in total. The Hall–Kier alpha value is 0.320. The first-order chi connectivity index (χ1) is 9.24. The van der Waals surface area contributed by atoms with E-state index in [9.17, 15) is 4.79 Å². The van der Waals surface area contributed by atoms with Crippen LogP contribution in [-0.4, -0.2) is 55.0 Å². The average molecular weight is 360 g/mol. The van der Waals surface area contributed by atoms with Gasteiger partial charge in [0.2, 0.25) is 5.91 Å². The van der Waals surface area contributed by atoms with Crippen LogP contribution in [-0.2, 0) is 4.79 Å². The van der Waals surface area contributed by atoms with Crippen LogP contribution in [0.25, 0.3) is 0 Å². The van der Waals surface area contributed by atoms with Crippen LogP contribution in [0.1, 0.15) is 38.5 Å². The maximum absolute atomic E-state index is 11.7. The number of hydrogen-bond acceptors (Lipinski definition) is 4. The average Bonchev–Trinajstić information content (AvgIpc) is 2.69. The Morgan fingerprint density at radius 2 is 1.86 bits per heavy atom. The molecule has 1 rings (SSSR count). The standard InChI is InChI=1S/C14H29N3OS.2ClH/c1-19-12-7-13(15)14(18)16-8-6-11-17-9-4-2-3-5-10-17;;/h13H,2-12,15H2,1H3,(H,16,18);2*1H/t13-;;/m0../s1. The molecule has 1 heterocycles. The Morgan fingerprint density at radius 3 is 2.43 bits per heavy atom. The molecule has 0 bridgehead atoms. The summed E-state index contributed by atoms with van der Waals surface area (Å²) in [6.07, 6.45) is 9.22. The fourth-order valence-electron chi connectivity index (χ4n) is 2.38. The Kier molecular flexibility index (Phi) is 17.1. The van der Waals surface area contributed by atoms with Crippen molar-refractivity contribution in [2.24, 2.45) is 5.73 Å². The molecule has 0 saturated carbocycles. The highest BCUT2D eigenvalue weighted by molar-refractivity contribution is 7.98. The number of thioether (sulfide) groups is 1. The zero-order valence-electron chi connectivity index (χ0n) is 13.0. The number of carbonyl (C=O) groups is 1. The normalized spacial score (nSPS) is 17.0. The maximum Gasteiger partial charge on any atom is 0.236 e. The molecule has 0 aromatic heterocycles. The molecule has 0 spiro atoms. The lowest BCUT2D eigenvalue weighted by atomic mass is 10.2. The molecule has 0 aromatic carbocycles. The number of nitrogens with two attached hydrogens (primary N) is 1. The molecule has 0 aliphatic carbocycles. The first-order valence-electron chi connectivity index (χ1n) is 7.48. The van der Waals surface area contributed by atoms with Crippen molar-refractivity contribution in [3.8, 4) is 0 Å². The zero-order valence-corrected chi connectivity index (χ0v) is 15.5. The van der Waals surface area contributed by atoms with E-state index in [1.807, 2.05) is 6.26 Å². The van der Waals surface area contributed by atoms with Crippen LogP contribution in [0.4, 0.5) is 0 Å². The lowest BCUT2D eigenvalue weighted by molar-refractivity contribution is -0.122. The van der Waals surface area contributed by atoms with E-state index in [1.54, 1.807) is 11.8 Å². The van der Waals surface area contributed by atoms with Gasteiger partial charge >= 0.3 is 0 Å². The number of rotatable bonds is 8. The van der Waals surface area contributed by atoms with Crippen LogP contribution in [0.3, 0.4) is 0 Å². The summed E-state index contributed by atoms with van der Waals surface area (Å²) in [5.41, 5.74) is 5.81. The first-order valence-corrected chi connectivity index (χ1v) is 8.88. The molecule has 1 atom stereocenters. The van der Waals surface area contributed by atoms with E-state index in [4.69, 9.17) is 5.73 Å². The van der Waals surface area contributed by atoms with Crippen molar-refractivity contribution in [3.63, 3.8) is 0 Å². The minimum Gasteiger partial charge on any atom is -0.355 e. The van der Waals surface area contributed by atoms with Crippen molar-refractivity contribution in [1.29, 1.82) is 0 Å². The second-order valence-corrected chi connectivity index (χ2v) is 6.27. The summed E-state index contributed by atoms with van der Waals surface area (Å²) in [6, 6.07) is -0.342. The van der Waals surface area contributed by atoms with Gasteiger partial charge in [-0.25, -0.2) is 0 Å². The molecule has 1 aliphatic rings. The Morgan fingerprint density at radius 1 is 1.24 bits per heavy atom. The van der Waals surface area contributed by atoms with Crippen molar-refractivity contribution in [2.75, 3.05) is 38.2 Å². The van der Waals surface area contributed by atoms with Gasteiger partial charge in [-0.15, -0.1) is 24.8 Å². The molecule has 7 heteroatoms. The van der Waals surface area contributed by atoms with Crippen molar-refractivity contribution < 1.29 is 4.79 Å². The number of halogens is 2. The van der Waals surface area contributed by atoms with Gasteiger partial charge in [-0.05, 0) is 57.3 Å². The van der Waals surface area contributed by atoms with E-state index in [2.05, 4.69) is 10.2 Å². The lowest BCUT2D eigenvalue weighted by Crippen LogP contribution is -2.41. The topological polar surface area (TPSA) is 58.4 Å². The number of likely N-dealkylation sites (tertiary alicyclic amines) is 1. The smallest absolute Gasteiger partial charge is 0.236 e. The quantitative estimate of drug-likeness (QED) is 0.652. The molecule has 1 amide bonds. The van der Waals surface area contributed by atoms with Gasteiger partial charge in [-0.3, -0.25) is 4.79 Å². The summed E-state index contributed by atoms with van der Waals surface area (Å²) in [5.74, 6) is 0.951. The first kappa shape index (κ1) is 23.6. The number of carbonyl (C=O) groups excluding carboxylic acids is 1. The third-order valence-electron chi connectivity index (χ3n) is 3.62. The van der Waals surface area contributed by atoms with Crippen LogP contribution in [0.2, 0.25) is 0 Å². The van der Waals surface area contributed by atoms with Gasteiger partial charge < -0.3 is 16.0 Å². The molecule has 21 heavy (non-hydrogen) atoms. The van der Waals surface area contributed by atoms with Gasteiger partial charge in [0.15, 0.2) is 0 Å². The van der Waals surface area contributed by atoms with E-state index < -0.39 is 0 Å². The lowest BCUT2D eigenvalue weighted by Gasteiger charge is -2.19. The van der Waals surface area contributed by atoms with Gasteiger partial charge in [-0.2, -0.15) is 11.8 Å². The monoisotopic (exact) mass is 359 g/mol. The van der Waals surface area contributed by atoms with E-state index >= 15 is 0 Å². The second kappa shape index (κ2) is 15.2. The summed E-state index contributed by atoms with van der Waals surface area (Å²) >= 11 is 1.73. The predicted molar refractivity (Wildman–Crippen MR) is 98.0 cm³/mol. The molecule has 1 saturated heterocycles. The molecule has 0 unspecified atom stereocenters. The van der Waals surface area contributed by atoms with Crippen LogP contribution >= 0.6 is 36.6 Å². The molecule has 0 aromatic rings. The molecule has 0 radical (unpaired) electrons. The Bertz CT molecular complexity index is 252. The number of nitrogens with zero attached hydrogens (tertiary/aromatic N) is 1. The van der Waals surface area contributed by atoms with Crippen molar-refractivity contribution in [3.05, 3.63) is 0 Å². The largest absolute Gasteiger partial charge is 0.355 e. The van der Waals surface area contributed by atoms with Crippen molar-refractivity contribution in [1.82, 2.24) is 10.2 Å². The van der Waals surface area contributed by atoms with Crippen LogP contribution in [0.15, 0.2) is 0 Å². The SMILES string of the molecule is CSCC[C@H](N)C(=O)NCCCN1CCCCCC1.Cl.Cl. The Labute approximate surface area is 146 Å².